The first-order valence-electron chi connectivity index (χ1n) is 7.57. The van der Waals surface area contributed by atoms with E-state index in [2.05, 4.69) is 38.0 Å². The molecule has 2 N–H and O–H groups in total. The number of nitrogens with zero attached hydrogens (tertiary/aromatic N) is 2. The summed E-state index contributed by atoms with van der Waals surface area (Å²) in [5.74, 6) is 0.914. The summed E-state index contributed by atoms with van der Waals surface area (Å²) in [6.45, 7) is 7.90. The van der Waals surface area contributed by atoms with E-state index in [0.717, 1.165) is 18.9 Å². The lowest BCUT2D eigenvalue weighted by Crippen LogP contribution is -2.44. The van der Waals surface area contributed by atoms with Gasteiger partial charge in [-0.15, -0.1) is 11.3 Å². The largest absolute Gasteiger partial charge is 0.354 e. The molecule has 22 heavy (non-hydrogen) atoms. The van der Waals surface area contributed by atoms with Gasteiger partial charge < -0.3 is 15.5 Å². The summed E-state index contributed by atoms with van der Waals surface area (Å²) in [4.78, 5) is 19.5. The van der Waals surface area contributed by atoms with Gasteiger partial charge in [0, 0.05) is 44.0 Å². The predicted octanol–water partition coefficient (Wildman–Crippen LogP) is 1.96. The zero-order chi connectivity index (χ0) is 16.6. The highest BCUT2D eigenvalue weighted by Crippen LogP contribution is 2.12. The minimum absolute atomic E-state index is 0.0651. The van der Waals surface area contributed by atoms with Crippen molar-refractivity contribution in [2.45, 2.75) is 27.2 Å². The monoisotopic (exact) mass is 324 g/mol. The van der Waals surface area contributed by atoms with Gasteiger partial charge in [-0.05, 0) is 17.9 Å². The Morgan fingerprint density at radius 3 is 2.55 bits per heavy atom. The third kappa shape index (κ3) is 6.47. The molecule has 1 rings (SSSR count). The maximum Gasteiger partial charge on any atom is 0.225 e. The Morgan fingerprint density at radius 2 is 2.00 bits per heavy atom. The Kier molecular flexibility index (Phi) is 7.38. The fourth-order valence-electron chi connectivity index (χ4n) is 1.84. The lowest BCUT2D eigenvalue weighted by Gasteiger charge is -2.22. The Labute approximate surface area is 137 Å². The van der Waals surface area contributed by atoms with Crippen molar-refractivity contribution < 1.29 is 4.79 Å². The number of rotatable bonds is 6. The lowest BCUT2D eigenvalue weighted by atomic mass is 9.96. The summed E-state index contributed by atoms with van der Waals surface area (Å²) < 4.78 is 0. The molecule has 0 fully saturated rings. The molecule has 124 valence electrons. The van der Waals surface area contributed by atoms with Crippen LogP contribution in [0, 0.1) is 5.41 Å². The van der Waals surface area contributed by atoms with Crippen molar-refractivity contribution in [3.05, 3.63) is 22.4 Å². The average molecular weight is 324 g/mol. The summed E-state index contributed by atoms with van der Waals surface area (Å²) in [5.41, 5.74) is -0.348. The molecule has 0 unspecified atom stereocenters. The highest BCUT2D eigenvalue weighted by atomic mass is 32.1. The van der Waals surface area contributed by atoms with Crippen LogP contribution in [0.3, 0.4) is 0 Å². The predicted molar refractivity (Wildman–Crippen MR) is 94.5 cm³/mol. The quantitative estimate of drug-likeness (QED) is 0.478. The van der Waals surface area contributed by atoms with Gasteiger partial charge in [-0.3, -0.25) is 9.79 Å². The average Bonchev–Trinajstić information content (AvgIpc) is 2.96. The van der Waals surface area contributed by atoms with Crippen molar-refractivity contribution in [3.63, 3.8) is 0 Å². The fourth-order valence-corrected chi connectivity index (χ4v) is 2.54. The molecule has 1 aromatic heterocycles. The topological polar surface area (TPSA) is 56.7 Å². The number of likely N-dealkylation sites (N-methyl/N-ethyl adjacent to an activating group) is 1. The summed E-state index contributed by atoms with van der Waals surface area (Å²) in [6, 6.07) is 4.22. The molecule has 0 aromatic carbocycles. The minimum Gasteiger partial charge on any atom is -0.354 e. The SMILES string of the molecule is CN=C(NCCNC(=O)C(C)(C)C)N(C)CCc1cccs1. The van der Waals surface area contributed by atoms with E-state index in [1.165, 1.54) is 4.88 Å². The van der Waals surface area contributed by atoms with Crippen LogP contribution in [0.15, 0.2) is 22.5 Å². The molecule has 1 heterocycles. The summed E-state index contributed by atoms with van der Waals surface area (Å²) in [7, 11) is 3.80. The second kappa shape index (κ2) is 8.78. The van der Waals surface area contributed by atoms with E-state index >= 15 is 0 Å². The van der Waals surface area contributed by atoms with E-state index in [1.807, 2.05) is 27.8 Å². The number of nitrogens with one attached hydrogen (secondary N) is 2. The van der Waals surface area contributed by atoms with Crippen molar-refractivity contribution in [2.24, 2.45) is 10.4 Å². The number of carbonyl (C=O) groups excluding carboxylic acids is 1. The molecule has 0 radical (unpaired) electrons. The number of aliphatic imine (C=N–C) groups is 1. The van der Waals surface area contributed by atoms with Gasteiger partial charge in [0.05, 0.1) is 0 Å². The molecule has 0 saturated carbocycles. The number of guanidine groups is 1. The van der Waals surface area contributed by atoms with Gasteiger partial charge in [0.2, 0.25) is 5.91 Å². The minimum atomic E-state index is -0.348. The van der Waals surface area contributed by atoms with E-state index in [1.54, 1.807) is 18.4 Å². The standard InChI is InChI=1S/C16H28N4OS/c1-16(2,3)14(21)18-9-10-19-15(17-4)20(5)11-8-13-7-6-12-22-13/h6-7,12H,8-11H2,1-5H3,(H,17,19)(H,18,21). The molecule has 0 aliphatic carbocycles. The van der Waals surface area contributed by atoms with E-state index < -0.39 is 0 Å². The van der Waals surface area contributed by atoms with E-state index in [0.29, 0.717) is 13.1 Å². The van der Waals surface area contributed by atoms with Crippen LogP contribution < -0.4 is 10.6 Å². The molecule has 6 heteroatoms. The second-order valence-electron chi connectivity index (χ2n) is 6.23. The van der Waals surface area contributed by atoms with Crippen LogP contribution in [0.25, 0.3) is 0 Å². The van der Waals surface area contributed by atoms with E-state index in [9.17, 15) is 4.79 Å². The Hall–Kier alpha value is -1.56. The maximum absolute atomic E-state index is 11.8. The van der Waals surface area contributed by atoms with Crippen molar-refractivity contribution in [3.8, 4) is 0 Å². The van der Waals surface area contributed by atoms with Crippen LogP contribution in [-0.4, -0.2) is 50.5 Å². The molecule has 0 bridgehead atoms. The number of carbonyl (C=O) groups is 1. The molecule has 0 aliphatic heterocycles. The van der Waals surface area contributed by atoms with Crippen molar-refractivity contribution in [2.75, 3.05) is 33.7 Å². The fraction of sp³-hybridized carbons (Fsp3) is 0.625. The van der Waals surface area contributed by atoms with Gasteiger partial charge in [-0.2, -0.15) is 0 Å². The molecular weight excluding hydrogens is 296 g/mol. The van der Waals surface area contributed by atoms with E-state index in [4.69, 9.17) is 0 Å². The molecular formula is C16H28N4OS. The van der Waals surface area contributed by atoms with Gasteiger partial charge in [0.1, 0.15) is 0 Å². The molecule has 0 atom stereocenters. The van der Waals surface area contributed by atoms with Gasteiger partial charge in [0.15, 0.2) is 5.96 Å². The Balaban J connectivity index is 2.28. The molecule has 1 amide bonds. The number of hydrogen-bond acceptors (Lipinski definition) is 3. The number of amides is 1. The molecule has 1 aromatic rings. The first-order valence-corrected chi connectivity index (χ1v) is 8.45. The summed E-state index contributed by atoms with van der Waals surface area (Å²) in [5, 5.41) is 8.29. The smallest absolute Gasteiger partial charge is 0.225 e. The van der Waals surface area contributed by atoms with Crippen molar-refractivity contribution in [1.29, 1.82) is 0 Å². The highest BCUT2D eigenvalue weighted by Gasteiger charge is 2.20. The molecule has 5 nitrogen and oxygen atoms in total. The summed E-state index contributed by atoms with van der Waals surface area (Å²) in [6.07, 6.45) is 1.01. The van der Waals surface area contributed by atoms with Gasteiger partial charge in [-0.1, -0.05) is 26.8 Å². The maximum atomic E-state index is 11.8. The van der Waals surface area contributed by atoms with E-state index in [-0.39, 0.29) is 11.3 Å². The number of thiophene rings is 1. The zero-order valence-corrected chi connectivity index (χ0v) is 15.1. The Bertz CT molecular complexity index is 477. The van der Waals surface area contributed by atoms with Crippen molar-refractivity contribution >= 4 is 23.2 Å². The van der Waals surface area contributed by atoms with Crippen LogP contribution >= 0.6 is 11.3 Å². The van der Waals surface area contributed by atoms with Gasteiger partial charge in [-0.25, -0.2) is 0 Å². The van der Waals surface area contributed by atoms with Crippen LogP contribution in [-0.2, 0) is 11.2 Å². The van der Waals surface area contributed by atoms with Crippen LogP contribution in [0.1, 0.15) is 25.6 Å². The third-order valence-corrected chi connectivity index (χ3v) is 4.16. The number of hydrogen-bond donors (Lipinski definition) is 2. The van der Waals surface area contributed by atoms with Crippen LogP contribution in [0.2, 0.25) is 0 Å². The second-order valence-corrected chi connectivity index (χ2v) is 7.26. The van der Waals surface area contributed by atoms with Crippen LogP contribution in [0.5, 0.6) is 0 Å². The first kappa shape index (κ1) is 18.5. The molecule has 0 spiro atoms. The molecule has 0 aliphatic rings. The van der Waals surface area contributed by atoms with Crippen molar-refractivity contribution in [1.82, 2.24) is 15.5 Å². The Morgan fingerprint density at radius 1 is 1.32 bits per heavy atom. The normalized spacial score (nSPS) is 12.1. The lowest BCUT2D eigenvalue weighted by molar-refractivity contribution is -0.128. The van der Waals surface area contributed by atoms with Gasteiger partial charge in [0.25, 0.3) is 0 Å². The van der Waals surface area contributed by atoms with Crippen LogP contribution in [0.4, 0.5) is 0 Å². The van der Waals surface area contributed by atoms with Gasteiger partial charge >= 0.3 is 0 Å². The third-order valence-electron chi connectivity index (χ3n) is 3.22. The zero-order valence-electron chi connectivity index (χ0n) is 14.3. The first-order chi connectivity index (χ1) is 10.3. The molecule has 0 saturated heterocycles. The highest BCUT2D eigenvalue weighted by molar-refractivity contribution is 7.09. The summed E-state index contributed by atoms with van der Waals surface area (Å²) >= 11 is 1.78.